The minimum absolute atomic E-state index is 0.189. The maximum Gasteiger partial charge on any atom is 0.416 e. The molecule has 1 aliphatic heterocycles. The SMILES string of the molecule is CN1C(=O)c2cccc(NC(=O)c3ccccn3)c2NC1c1cccc(C(F)(F)F)c1. The van der Waals surface area contributed by atoms with Gasteiger partial charge in [0.25, 0.3) is 11.8 Å². The van der Waals surface area contributed by atoms with Crippen molar-refractivity contribution in [1.29, 1.82) is 0 Å². The number of nitrogens with zero attached hydrogens (tertiary/aromatic N) is 2. The van der Waals surface area contributed by atoms with Gasteiger partial charge in [0.05, 0.1) is 22.5 Å². The number of hydrogen-bond donors (Lipinski definition) is 2. The molecule has 6 nitrogen and oxygen atoms in total. The summed E-state index contributed by atoms with van der Waals surface area (Å²) in [5.74, 6) is -0.858. The number of alkyl halides is 3. The number of benzene rings is 2. The molecule has 0 fully saturated rings. The Bertz CT molecular complexity index is 1150. The highest BCUT2D eigenvalue weighted by molar-refractivity contribution is 6.09. The van der Waals surface area contributed by atoms with Crippen molar-refractivity contribution in [3.63, 3.8) is 0 Å². The maximum atomic E-state index is 13.2. The highest BCUT2D eigenvalue weighted by Crippen LogP contribution is 2.38. The third-order valence-corrected chi connectivity index (χ3v) is 4.96. The fourth-order valence-corrected chi connectivity index (χ4v) is 3.41. The number of pyridine rings is 1. The van der Waals surface area contributed by atoms with Gasteiger partial charge in [-0.25, -0.2) is 0 Å². The molecular formula is C22H17F3N4O2. The number of rotatable bonds is 3. The number of hydrogen-bond acceptors (Lipinski definition) is 4. The molecule has 2 N–H and O–H groups in total. The van der Waals surface area contributed by atoms with Gasteiger partial charge < -0.3 is 15.5 Å². The van der Waals surface area contributed by atoms with Crippen LogP contribution in [0.15, 0.2) is 66.9 Å². The maximum absolute atomic E-state index is 13.2. The molecule has 2 amide bonds. The van der Waals surface area contributed by atoms with Gasteiger partial charge in [-0.2, -0.15) is 13.2 Å². The number of para-hydroxylation sites is 1. The average Bonchev–Trinajstić information content (AvgIpc) is 2.76. The van der Waals surface area contributed by atoms with E-state index in [9.17, 15) is 22.8 Å². The number of aromatic nitrogens is 1. The van der Waals surface area contributed by atoms with Crippen LogP contribution in [-0.2, 0) is 6.18 Å². The zero-order valence-electron chi connectivity index (χ0n) is 16.3. The topological polar surface area (TPSA) is 74.3 Å². The average molecular weight is 426 g/mol. The standard InChI is InChI=1S/C22H17F3N4O2/c1-29-19(13-6-4-7-14(12-13)22(23,24)25)28-18-15(21(29)31)8-5-10-16(18)27-20(30)17-9-2-3-11-26-17/h2-12,19,28H,1H3,(H,27,30). The second kappa shape index (κ2) is 7.75. The summed E-state index contributed by atoms with van der Waals surface area (Å²) in [6.07, 6.45) is -3.88. The van der Waals surface area contributed by atoms with Crippen LogP contribution in [0.2, 0.25) is 0 Å². The van der Waals surface area contributed by atoms with Crippen molar-refractivity contribution in [3.05, 3.63) is 89.2 Å². The second-order valence-corrected chi connectivity index (χ2v) is 6.98. The Hall–Kier alpha value is -3.88. The van der Waals surface area contributed by atoms with Crippen molar-refractivity contribution < 1.29 is 22.8 Å². The van der Waals surface area contributed by atoms with Crippen molar-refractivity contribution in [2.24, 2.45) is 0 Å². The van der Waals surface area contributed by atoms with E-state index in [0.29, 0.717) is 16.9 Å². The molecule has 2 heterocycles. The quantitative estimate of drug-likeness (QED) is 0.645. The molecule has 0 aliphatic carbocycles. The summed E-state index contributed by atoms with van der Waals surface area (Å²) in [5, 5.41) is 5.81. The predicted octanol–water partition coefficient (Wildman–Crippen LogP) is 4.55. The molecule has 0 saturated carbocycles. The van der Waals surface area contributed by atoms with Gasteiger partial charge in [0, 0.05) is 13.2 Å². The van der Waals surface area contributed by atoms with E-state index >= 15 is 0 Å². The lowest BCUT2D eigenvalue weighted by Crippen LogP contribution is -2.40. The van der Waals surface area contributed by atoms with Crippen LogP contribution in [0.3, 0.4) is 0 Å². The predicted molar refractivity (Wildman–Crippen MR) is 109 cm³/mol. The highest BCUT2D eigenvalue weighted by Gasteiger charge is 2.35. The lowest BCUT2D eigenvalue weighted by Gasteiger charge is -2.36. The Kier molecular flexibility index (Phi) is 5.10. The van der Waals surface area contributed by atoms with Crippen LogP contribution in [0.25, 0.3) is 0 Å². The summed E-state index contributed by atoms with van der Waals surface area (Å²) in [7, 11) is 1.50. The molecule has 0 saturated heterocycles. The van der Waals surface area contributed by atoms with Crippen LogP contribution in [-0.4, -0.2) is 28.7 Å². The molecule has 2 aromatic carbocycles. The number of fused-ring (bicyclic) bond motifs is 1. The van der Waals surface area contributed by atoms with Crippen LogP contribution >= 0.6 is 0 Å². The van der Waals surface area contributed by atoms with Gasteiger partial charge in [0.1, 0.15) is 11.9 Å². The van der Waals surface area contributed by atoms with Gasteiger partial charge in [0.2, 0.25) is 0 Å². The van der Waals surface area contributed by atoms with Crippen molar-refractivity contribution >= 4 is 23.2 Å². The van der Waals surface area contributed by atoms with E-state index in [4.69, 9.17) is 0 Å². The Balaban J connectivity index is 1.70. The third-order valence-electron chi connectivity index (χ3n) is 4.96. The first-order valence-corrected chi connectivity index (χ1v) is 9.32. The molecule has 0 radical (unpaired) electrons. The third kappa shape index (κ3) is 3.94. The summed E-state index contributed by atoms with van der Waals surface area (Å²) < 4.78 is 39.5. The fraction of sp³-hybridized carbons (Fsp3) is 0.136. The molecule has 9 heteroatoms. The first-order valence-electron chi connectivity index (χ1n) is 9.32. The Morgan fingerprint density at radius 1 is 1.10 bits per heavy atom. The van der Waals surface area contributed by atoms with Crippen molar-refractivity contribution in [3.8, 4) is 0 Å². The van der Waals surface area contributed by atoms with E-state index in [0.717, 1.165) is 12.1 Å². The van der Waals surface area contributed by atoms with Crippen LogP contribution in [0.4, 0.5) is 24.5 Å². The molecule has 31 heavy (non-hydrogen) atoms. The smallest absolute Gasteiger partial charge is 0.359 e. The van der Waals surface area contributed by atoms with E-state index in [1.807, 2.05) is 0 Å². The summed E-state index contributed by atoms with van der Waals surface area (Å²) in [6.45, 7) is 0. The Labute approximate surface area is 175 Å². The van der Waals surface area contributed by atoms with Gasteiger partial charge in [-0.3, -0.25) is 14.6 Å². The molecule has 1 aliphatic rings. The van der Waals surface area contributed by atoms with E-state index in [-0.39, 0.29) is 17.2 Å². The van der Waals surface area contributed by atoms with Gasteiger partial charge >= 0.3 is 6.18 Å². The van der Waals surface area contributed by atoms with Gasteiger partial charge in [-0.05, 0) is 42.0 Å². The summed E-state index contributed by atoms with van der Waals surface area (Å²) >= 11 is 0. The van der Waals surface area contributed by atoms with Gasteiger partial charge in [-0.15, -0.1) is 0 Å². The number of nitrogens with one attached hydrogen (secondary N) is 2. The molecule has 0 bridgehead atoms. The van der Waals surface area contributed by atoms with E-state index in [1.54, 1.807) is 36.4 Å². The monoisotopic (exact) mass is 426 g/mol. The van der Waals surface area contributed by atoms with E-state index < -0.39 is 23.8 Å². The van der Waals surface area contributed by atoms with Crippen molar-refractivity contribution in [2.45, 2.75) is 12.3 Å². The zero-order chi connectivity index (χ0) is 22.2. The molecule has 4 rings (SSSR count). The minimum atomic E-state index is -4.51. The molecular weight excluding hydrogens is 409 g/mol. The minimum Gasteiger partial charge on any atom is -0.359 e. The molecule has 0 spiro atoms. The lowest BCUT2D eigenvalue weighted by atomic mass is 10.0. The molecule has 3 aromatic rings. The molecule has 158 valence electrons. The normalized spacial score (nSPS) is 15.8. The zero-order valence-corrected chi connectivity index (χ0v) is 16.3. The fourth-order valence-electron chi connectivity index (χ4n) is 3.41. The lowest BCUT2D eigenvalue weighted by molar-refractivity contribution is -0.137. The second-order valence-electron chi connectivity index (χ2n) is 6.98. The Morgan fingerprint density at radius 2 is 1.87 bits per heavy atom. The van der Waals surface area contributed by atoms with Crippen LogP contribution in [0, 0.1) is 0 Å². The number of carbonyl (C=O) groups excluding carboxylic acids is 2. The molecule has 1 aromatic heterocycles. The largest absolute Gasteiger partial charge is 0.416 e. The van der Waals surface area contributed by atoms with Crippen LogP contribution < -0.4 is 10.6 Å². The number of anilines is 2. The highest BCUT2D eigenvalue weighted by atomic mass is 19.4. The van der Waals surface area contributed by atoms with Gasteiger partial charge in [0.15, 0.2) is 0 Å². The number of carbonyl (C=O) groups is 2. The summed E-state index contributed by atoms with van der Waals surface area (Å²) in [4.78, 5) is 30.8. The molecule has 1 atom stereocenters. The summed E-state index contributed by atoms with van der Waals surface area (Å²) in [5.41, 5.74) is 0.597. The first-order chi connectivity index (χ1) is 14.8. The van der Waals surface area contributed by atoms with Crippen molar-refractivity contribution in [2.75, 3.05) is 17.7 Å². The summed E-state index contributed by atoms with van der Waals surface area (Å²) in [6, 6.07) is 14.5. The van der Waals surface area contributed by atoms with Crippen molar-refractivity contribution in [1.82, 2.24) is 9.88 Å². The van der Waals surface area contributed by atoms with Crippen LogP contribution in [0.5, 0.6) is 0 Å². The van der Waals surface area contributed by atoms with E-state index in [1.165, 1.54) is 30.3 Å². The number of halogens is 3. The first kappa shape index (κ1) is 20.4. The molecule has 1 unspecified atom stereocenters. The van der Waals surface area contributed by atoms with E-state index in [2.05, 4.69) is 15.6 Å². The van der Waals surface area contributed by atoms with Gasteiger partial charge in [-0.1, -0.05) is 24.3 Å². The van der Waals surface area contributed by atoms with Crippen LogP contribution in [0.1, 0.15) is 38.1 Å². The number of amides is 2. The Morgan fingerprint density at radius 3 is 2.58 bits per heavy atom.